The summed E-state index contributed by atoms with van der Waals surface area (Å²) in [6, 6.07) is 7.00. The van der Waals surface area contributed by atoms with Gasteiger partial charge in [0.25, 0.3) is 0 Å². The minimum Gasteiger partial charge on any atom is -0.468 e. The maximum Gasteiger partial charge on any atom is 0.341 e. The lowest BCUT2D eigenvalue weighted by Crippen LogP contribution is -2.09. The topological polar surface area (TPSA) is 61.8 Å². The van der Waals surface area contributed by atoms with Crippen LogP contribution in [0.2, 0.25) is 0 Å². The van der Waals surface area contributed by atoms with Crippen LogP contribution in [0.1, 0.15) is 18.1 Å². The van der Waals surface area contributed by atoms with E-state index < -0.39 is 11.9 Å². The number of hydrogen-bond donors (Lipinski definition) is 0. The van der Waals surface area contributed by atoms with Crippen molar-refractivity contribution >= 4 is 23.1 Å². The first-order chi connectivity index (χ1) is 9.60. The van der Waals surface area contributed by atoms with Crippen molar-refractivity contribution in [2.75, 3.05) is 14.2 Å². The highest BCUT2D eigenvalue weighted by molar-refractivity contribution is 6.23. The Bertz CT molecular complexity index is 625. The van der Waals surface area contributed by atoms with Crippen LogP contribution in [-0.4, -0.2) is 26.2 Å². The second-order valence-electron chi connectivity index (χ2n) is 4.11. The number of carbonyl (C=O) groups is 2. The fourth-order valence-electron chi connectivity index (χ4n) is 2.02. The first-order valence-corrected chi connectivity index (χ1v) is 5.94. The van der Waals surface area contributed by atoms with E-state index >= 15 is 0 Å². The van der Waals surface area contributed by atoms with Crippen LogP contribution < -0.4 is 0 Å². The first-order valence-electron chi connectivity index (χ1n) is 5.94. The monoisotopic (exact) mass is 274 g/mol. The van der Waals surface area contributed by atoms with Gasteiger partial charge in [-0.1, -0.05) is 24.3 Å². The van der Waals surface area contributed by atoms with E-state index in [1.54, 1.807) is 31.2 Å². The lowest BCUT2D eigenvalue weighted by molar-refractivity contribution is -0.134. The second-order valence-corrected chi connectivity index (χ2v) is 4.11. The van der Waals surface area contributed by atoms with Crippen LogP contribution in [0.15, 0.2) is 36.3 Å². The Morgan fingerprint density at radius 1 is 1.00 bits per heavy atom. The molecule has 1 aromatic rings. The van der Waals surface area contributed by atoms with E-state index in [4.69, 9.17) is 14.2 Å². The zero-order valence-electron chi connectivity index (χ0n) is 11.4. The van der Waals surface area contributed by atoms with Crippen molar-refractivity contribution in [3.05, 3.63) is 47.4 Å². The molecular weight excluding hydrogens is 260 g/mol. The molecule has 104 valence electrons. The number of fused-ring (bicyclic) bond motifs is 1. The van der Waals surface area contributed by atoms with Gasteiger partial charge < -0.3 is 14.2 Å². The van der Waals surface area contributed by atoms with Gasteiger partial charge in [-0.3, -0.25) is 0 Å². The summed E-state index contributed by atoms with van der Waals surface area (Å²) >= 11 is 0. The van der Waals surface area contributed by atoms with Gasteiger partial charge in [-0.2, -0.15) is 0 Å². The number of esters is 2. The number of ether oxygens (including phenoxy) is 3. The molecule has 0 saturated carbocycles. The van der Waals surface area contributed by atoms with Crippen LogP contribution in [0.4, 0.5) is 0 Å². The van der Waals surface area contributed by atoms with E-state index in [1.165, 1.54) is 20.5 Å². The SMILES string of the molecule is COC(=O)C1=COC(C)=C(C(=O)OC)c2ccccc21. The van der Waals surface area contributed by atoms with E-state index in [0.717, 1.165) is 0 Å². The molecule has 0 radical (unpaired) electrons. The lowest BCUT2D eigenvalue weighted by Gasteiger charge is -2.10. The van der Waals surface area contributed by atoms with Crippen molar-refractivity contribution in [3.63, 3.8) is 0 Å². The summed E-state index contributed by atoms with van der Waals surface area (Å²) in [4.78, 5) is 23.8. The maximum atomic E-state index is 11.9. The highest BCUT2D eigenvalue weighted by Gasteiger charge is 2.27. The van der Waals surface area contributed by atoms with Gasteiger partial charge in [-0.05, 0) is 6.92 Å². The van der Waals surface area contributed by atoms with E-state index in [9.17, 15) is 9.59 Å². The summed E-state index contributed by atoms with van der Waals surface area (Å²) in [5, 5.41) is 0. The summed E-state index contributed by atoms with van der Waals surface area (Å²) in [5.41, 5.74) is 1.68. The first kappa shape index (κ1) is 13.9. The van der Waals surface area contributed by atoms with Crippen LogP contribution in [0, 0.1) is 0 Å². The van der Waals surface area contributed by atoms with Gasteiger partial charge in [0.1, 0.15) is 23.2 Å². The van der Waals surface area contributed by atoms with Crippen molar-refractivity contribution < 1.29 is 23.8 Å². The van der Waals surface area contributed by atoms with Gasteiger partial charge in [0.2, 0.25) is 0 Å². The van der Waals surface area contributed by atoms with Crippen LogP contribution >= 0.6 is 0 Å². The molecule has 0 aliphatic carbocycles. The van der Waals surface area contributed by atoms with E-state index in [2.05, 4.69) is 0 Å². The molecule has 1 aromatic carbocycles. The van der Waals surface area contributed by atoms with Crippen molar-refractivity contribution in [2.24, 2.45) is 0 Å². The second kappa shape index (κ2) is 5.61. The van der Waals surface area contributed by atoms with E-state index in [-0.39, 0.29) is 5.57 Å². The molecule has 5 nitrogen and oxygen atoms in total. The summed E-state index contributed by atoms with van der Waals surface area (Å²) in [5.74, 6) is -0.686. The number of benzene rings is 1. The van der Waals surface area contributed by atoms with Crippen molar-refractivity contribution in [1.82, 2.24) is 0 Å². The van der Waals surface area contributed by atoms with Gasteiger partial charge in [-0.15, -0.1) is 0 Å². The quantitative estimate of drug-likeness (QED) is 0.773. The molecule has 2 rings (SSSR count). The molecule has 20 heavy (non-hydrogen) atoms. The summed E-state index contributed by atoms with van der Waals surface area (Å²) in [7, 11) is 2.59. The smallest absolute Gasteiger partial charge is 0.341 e. The number of methoxy groups -OCH3 is 2. The molecule has 1 heterocycles. The van der Waals surface area contributed by atoms with Crippen LogP contribution in [0.25, 0.3) is 11.1 Å². The van der Waals surface area contributed by atoms with Crippen LogP contribution in [0.3, 0.4) is 0 Å². The van der Waals surface area contributed by atoms with Crippen molar-refractivity contribution in [3.8, 4) is 0 Å². The lowest BCUT2D eigenvalue weighted by atomic mass is 9.95. The Hall–Kier alpha value is -2.56. The van der Waals surface area contributed by atoms with E-state index in [1.807, 2.05) is 0 Å². The number of carbonyl (C=O) groups excluding carboxylic acids is 2. The molecule has 0 amide bonds. The molecule has 0 unspecified atom stereocenters. The number of hydrogen-bond acceptors (Lipinski definition) is 5. The molecule has 0 saturated heterocycles. The average Bonchev–Trinajstić information content (AvgIpc) is 2.62. The fourth-order valence-corrected chi connectivity index (χ4v) is 2.02. The highest BCUT2D eigenvalue weighted by atomic mass is 16.5. The molecule has 1 aliphatic heterocycles. The predicted molar refractivity (Wildman–Crippen MR) is 72.1 cm³/mol. The van der Waals surface area contributed by atoms with Crippen LogP contribution in [0.5, 0.6) is 0 Å². The molecule has 0 spiro atoms. The molecule has 0 bridgehead atoms. The molecule has 0 aromatic heterocycles. The zero-order chi connectivity index (χ0) is 14.7. The largest absolute Gasteiger partial charge is 0.468 e. The van der Waals surface area contributed by atoms with E-state index in [0.29, 0.717) is 22.5 Å². The predicted octanol–water partition coefficient (Wildman–Crippen LogP) is 2.13. The third-order valence-corrected chi connectivity index (χ3v) is 2.99. The fraction of sp³-hybridized carbons (Fsp3) is 0.200. The summed E-state index contributed by atoms with van der Waals surface area (Å²) in [6.07, 6.45) is 1.29. The van der Waals surface area contributed by atoms with Gasteiger partial charge in [0.15, 0.2) is 0 Å². The Morgan fingerprint density at radius 3 is 2.20 bits per heavy atom. The molecule has 1 aliphatic rings. The number of allylic oxidation sites excluding steroid dienone is 1. The molecule has 5 heteroatoms. The minimum absolute atomic E-state index is 0.251. The minimum atomic E-state index is -0.531. The van der Waals surface area contributed by atoms with Crippen molar-refractivity contribution in [2.45, 2.75) is 6.92 Å². The molecule has 0 fully saturated rings. The van der Waals surface area contributed by atoms with Gasteiger partial charge >= 0.3 is 11.9 Å². The maximum absolute atomic E-state index is 11.9. The Morgan fingerprint density at radius 2 is 1.60 bits per heavy atom. The molecule has 0 N–H and O–H groups in total. The Balaban J connectivity index is 2.66. The Kier molecular flexibility index (Phi) is 3.89. The summed E-state index contributed by atoms with van der Waals surface area (Å²) in [6.45, 7) is 1.64. The molecule has 0 atom stereocenters. The van der Waals surface area contributed by atoms with Crippen LogP contribution in [-0.2, 0) is 23.8 Å². The van der Waals surface area contributed by atoms with Gasteiger partial charge in [0.05, 0.1) is 14.2 Å². The highest BCUT2D eigenvalue weighted by Crippen LogP contribution is 2.32. The van der Waals surface area contributed by atoms with Crippen molar-refractivity contribution in [1.29, 1.82) is 0 Å². The Labute approximate surface area is 116 Å². The average molecular weight is 274 g/mol. The standard InChI is InChI=1S/C15H14O5/c1-9-13(15(17)19-3)11-7-5-4-6-10(11)12(8-20-9)14(16)18-2/h4-8H,1-3H3. The normalized spacial score (nSPS) is 13.7. The third-order valence-electron chi connectivity index (χ3n) is 2.99. The number of rotatable bonds is 2. The summed E-state index contributed by atoms with van der Waals surface area (Å²) < 4.78 is 14.9. The third kappa shape index (κ3) is 2.30. The van der Waals surface area contributed by atoms with Gasteiger partial charge in [-0.25, -0.2) is 9.59 Å². The zero-order valence-corrected chi connectivity index (χ0v) is 11.4. The van der Waals surface area contributed by atoms with Gasteiger partial charge in [0, 0.05) is 11.1 Å². The molecular formula is C15H14O5.